The monoisotopic (exact) mass is 367 g/mol. The molecule has 2 aromatic carbocycles. The lowest BCUT2D eigenvalue weighted by Crippen LogP contribution is -2.26. The van der Waals surface area contributed by atoms with Gasteiger partial charge in [-0.15, -0.1) is 0 Å². The summed E-state index contributed by atoms with van der Waals surface area (Å²) >= 11 is 6.44. The highest BCUT2D eigenvalue weighted by Gasteiger charge is 2.16. The van der Waals surface area contributed by atoms with Crippen LogP contribution in [-0.4, -0.2) is 18.0 Å². The van der Waals surface area contributed by atoms with Gasteiger partial charge in [-0.1, -0.05) is 61.9 Å². The number of aryl methyl sites for hydroxylation is 1. The molecule has 0 spiro atoms. The summed E-state index contributed by atoms with van der Waals surface area (Å²) < 4.78 is 0. The maximum Gasteiger partial charge on any atom is 0.0453 e. The second-order valence-corrected chi connectivity index (χ2v) is 7.91. The lowest BCUT2D eigenvalue weighted by molar-refractivity contribution is 0.279. The maximum atomic E-state index is 6.44. The summed E-state index contributed by atoms with van der Waals surface area (Å²) in [6, 6.07) is 13.2. The number of fused-ring (bicyclic) bond motifs is 1. The molecule has 26 heavy (non-hydrogen) atoms. The number of rotatable bonds is 6. The van der Waals surface area contributed by atoms with Gasteiger partial charge in [0.2, 0.25) is 0 Å². The molecule has 0 saturated heterocycles. The summed E-state index contributed by atoms with van der Waals surface area (Å²) in [6.45, 7) is 11.8. The first kappa shape index (κ1) is 19.2. The van der Waals surface area contributed by atoms with Gasteiger partial charge in [-0.2, -0.15) is 0 Å². The van der Waals surface area contributed by atoms with Crippen LogP contribution in [0.15, 0.2) is 43.0 Å². The van der Waals surface area contributed by atoms with Crippen LogP contribution >= 0.6 is 11.6 Å². The quantitative estimate of drug-likeness (QED) is 0.566. The predicted octanol–water partition coefficient (Wildman–Crippen LogP) is 6.45. The average molecular weight is 368 g/mol. The van der Waals surface area contributed by atoms with E-state index in [-0.39, 0.29) is 0 Å². The Morgan fingerprint density at radius 3 is 2.62 bits per heavy atom. The third-order valence-corrected chi connectivity index (χ3v) is 5.93. The van der Waals surface area contributed by atoms with Crippen molar-refractivity contribution in [2.45, 2.75) is 52.5 Å². The zero-order chi connectivity index (χ0) is 18.5. The lowest BCUT2D eigenvalue weighted by atomic mass is 9.95. The van der Waals surface area contributed by atoms with Gasteiger partial charge in [0.05, 0.1) is 0 Å². The highest BCUT2D eigenvalue weighted by molar-refractivity contribution is 6.31. The number of nitrogens with zero attached hydrogens (tertiary/aromatic N) is 1. The van der Waals surface area contributed by atoms with Crippen LogP contribution in [0.2, 0.25) is 5.02 Å². The van der Waals surface area contributed by atoms with Crippen molar-refractivity contribution < 1.29 is 0 Å². The molecule has 0 fully saturated rings. The van der Waals surface area contributed by atoms with E-state index in [1.165, 1.54) is 46.2 Å². The van der Waals surface area contributed by atoms with Crippen LogP contribution < -0.4 is 0 Å². The van der Waals surface area contributed by atoms with Crippen molar-refractivity contribution in [3.8, 4) is 0 Å². The molecule has 138 valence electrons. The number of halogens is 1. The SMILES string of the molecule is C=C(CCCC)c1ccc2c(c1)CCN(Cc1c(C)cccc1Cl)CC2. The lowest BCUT2D eigenvalue weighted by Gasteiger charge is -2.21. The molecule has 0 bridgehead atoms. The molecule has 0 radical (unpaired) electrons. The first-order valence-corrected chi connectivity index (χ1v) is 10.2. The van der Waals surface area contributed by atoms with Crippen LogP contribution in [-0.2, 0) is 19.4 Å². The molecule has 1 heterocycles. The van der Waals surface area contributed by atoms with E-state index in [1.807, 2.05) is 12.1 Å². The van der Waals surface area contributed by atoms with E-state index >= 15 is 0 Å². The summed E-state index contributed by atoms with van der Waals surface area (Å²) in [5.74, 6) is 0. The zero-order valence-electron chi connectivity index (χ0n) is 16.2. The van der Waals surface area contributed by atoms with E-state index < -0.39 is 0 Å². The van der Waals surface area contributed by atoms with Crippen molar-refractivity contribution in [3.05, 3.63) is 75.8 Å². The predicted molar refractivity (Wildman–Crippen MR) is 114 cm³/mol. The van der Waals surface area contributed by atoms with Crippen LogP contribution in [0, 0.1) is 6.92 Å². The fraction of sp³-hybridized carbons (Fsp3) is 0.417. The molecule has 2 aromatic rings. The minimum atomic E-state index is 0.890. The maximum absolute atomic E-state index is 6.44. The smallest absolute Gasteiger partial charge is 0.0453 e. The third-order valence-electron chi connectivity index (χ3n) is 5.58. The third kappa shape index (κ3) is 4.58. The summed E-state index contributed by atoms with van der Waals surface area (Å²) in [7, 11) is 0. The topological polar surface area (TPSA) is 3.24 Å². The van der Waals surface area contributed by atoms with Gasteiger partial charge in [-0.05, 0) is 72.1 Å². The number of unbranched alkanes of at least 4 members (excludes halogenated alkanes) is 1. The van der Waals surface area contributed by atoms with Crippen molar-refractivity contribution in [3.63, 3.8) is 0 Å². The highest BCUT2D eigenvalue weighted by atomic mass is 35.5. The van der Waals surface area contributed by atoms with Gasteiger partial charge in [0.1, 0.15) is 0 Å². The van der Waals surface area contributed by atoms with E-state index in [2.05, 4.69) is 49.6 Å². The Kier molecular flexibility index (Phi) is 6.56. The van der Waals surface area contributed by atoms with Gasteiger partial charge in [0.15, 0.2) is 0 Å². The molecule has 1 aliphatic rings. The van der Waals surface area contributed by atoms with Gasteiger partial charge in [0.25, 0.3) is 0 Å². The molecule has 0 atom stereocenters. The van der Waals surface area contributed by atoms with E-state index in [9.17, 15) is 0 Å². The highest BCUT2D eigenvalue weighted by Crippen LogP contribution is 2.26. The van der Waals surface area contributed by atoms with Gasteiger partial charge in [0, 0.05) is 24.7 Å². The minimum Gasteiger partial charge on any atom is -0.298 e. The first-order valence-electron chi connectivity index (χ1n) is 9.84. The van der Waals surface area contributed by atoms with Gasteiger partial charge in [-0.25, -0.2) is 0 Å². The van der Waals surface area contributed by atoms with Crippen LogP contribution in [0.25, 0.3) is 5.57 Å². The number of hydrogen-bond donors (Lipinski definition) is 0. The van der Waals surface area contributed by atoms with Crippen molar-refractivity contribution in [1.29, 1.82) is 0 Å². The van der Waals surface area contributed by atoms with Gasteiger partial charge < -0.3 is 0 Å². The number of allylic oxidation sites excluding steroid dienone is 1. The van der Waals surface area contributed by atoms with E-state index in [4.69, 9.17) is 11.6 Å². The summed E-state index contributed by atoms with van der Waals surface area (Å²) in [4.78, 5) is 2.54. The second-order valence-electron chi connectivity index (χ2n) is 7.50. The fourth-order valence-corrected chi connectivity index (χ4v) is 4.06. The Labute approximate surface area is 163 Å². The summed E-state index contributed by atoms with van der Waals surface area (Å²) in [6.07, 6.45) is 5.77. The standard InChI is InChI=1S/C24H30ClN/c1-4-5-7-18(2)21-11-10-20-12-14-26(15-13-22(20)16-21)17-23-19(3)8-6-9-24(23)25/h6,8-11,16H,2,4-5,7,12-15,17H2,1,3H3. The zero-order valence-corrected chi connectivity index (χ0v) is 16.9. The molecule has 0 N–H and O–H groups in total. The Bertz CT molecular complexity index is 758. The van der Waals surface area contributed by atoms with Crippen molar-refractivity contribution in [1.82, 2.24) is 4.90 Å². The minimum absolute atomic E-state index is 0.890. The first-order chi connectivity index (χ1) is 12.6. The van der Waals surface area contributed by atoms with E-state index in [0.717, 1.165) is 43.9 Å². The largest absolute Gasteiger partial charge is 0.298 e. The van der Waals surface area contributed by atoms with Crippen molar-refractivity contribution >= 4 is 17.2 Å². The molecule has 1 nitrogen and oxygen atoms in total. The molecular formula is C24H30ClN. The molecule has 0 unspecified atom stereocenters. The normalized spacial score (nSPS) is 14.7. The Morgan fingerprint density at radius 2 is 1.88 bits per heavy atom. The molecule has 0 amide bonds. The number of benzene rings is 2. The van der Waals surface area contributed by atoms with Crippen LogP contribution in [0.1, 0.15) is 54.0 Å². The molecule has 0 aromatic heterocycles. The van der Waals surface area contributed by atoms with E-state index in [1.54, 1.807) is 0 Å². The molecule has 1 aliphatic heterocycles. The molecular weight excluding hydrogens is 338 g/mol. The molecule has 3 rings (SSSR count). The molecule has 0 saturated carbocycles. The van der Waals surface area contributed by atoms with Gasteiger partial charge >= 0.3 is 0 Å². The average Bonchev–Trinajstić information content (AvgIpc) is 2.84. The fourth-order valence-electron chi connectivity index (χ4n) is 3.77. The molecule has 2 heteroatoms. The van der Waals surface area contributed by atoms with Crippen LogP contribution in [0.3, 0.4) is 0 Å². The van der Waals surface area contributed by atoms with Crippen LogP contribution in [0.4, 0.5) is 0 Å². The summed E-state index contributed by atoms with van der Waals surface area (Å²) in [5.41, 5.74) is 8.16. The van der Waals surface area contributed by atoms with E-state index in [0.29, 0.717) is 0 Å². The Balaban J connectivity index is 1.70. The second kappa shape index (κ2) is 8.88. The van der Waals surface area contributed by atoms with Crippen molar-refractivity contribution in [2.75, 3.05) is 13.1 Å². The molecule has 0 aliphatic carbocycles. The van der Waals surface area contributed by atoms with Gasteiger partial charge in [-0.3, -0.25) is 4.90 Å². The Hall–Kier alpha value is -1.57. The van der Waals surface area contributed by atoms with Crippen molar-refractivity contribution in [2.24, 2.45) is 0 Å². The van der Waals surface area contributed by atoms with Crippen LogP contribution in [0.5, 0.6) is 0 Å². The Morgan fingerprint density at radius 1 is 1.12 bits per heavy atom. The summed E-state index contributed by atoms with van der Waals surface area (Å²) in [5, 5.41) is 0.890. The number of hydrogen-bond acceptors (Lipinski definition) is 1.